The molecule has 1 aromatic carbocycles. The third kappa shape index (κ3) is 3.89. The van der Waals surface area contributed by atoms with Crippen LogP contribution in [0.4, 0.5) is 9.18 Å². The molecule has 27 heavy (non-hydrogen) atoms. The minimum atomic E-state index is -0.389. The van der Waals surface area contributed by atoms with Crippen molar-refractivity contribution in [2.45, 2.75) is 43.9 Å². The number of cyclic esters (lactones) is 1. The molecule has 2 saturated heterocycles. The first-order valence-corrected chi connectivity index (χ1v) is 9.61. The fourth-order valence-electron chi connectivity index (χ4n) is 4.12. The summed E-state index contributed by atoms with van der Waals surface area (Å²) in [5.74, 6) is -0.249. The lowest BCUT2D eigenvalue weighted by molar-refractivity contribution is -0.144. The van der Waals surface area contributed by atoms with Crippen LogP contribution in [0, 0.1) is 11.7 Å². The maximum absolute atomic E-state index is 13.1. The molecule has 3 fully saturated rings. The number of hydrogen-bond donors (Lipinski definition) is 1. The van der Waals surface area contributed by atoms with Crippen molar-refractivity contribution in [1.82, 2.24) is 10.2 Å². The van der Waals surface area contributed by atoms with Gasteiger partial charge in [-0.15, -0.1) is 0 Å². The minimum absolute atomic E-state index is 0.0394. The lowest BCUT2D eigenvalue weighted by atomic mass is 9.68. The second-order valence-electron chi connectivity index (χ2n) is 7.66. The van der Waals surface area contributed by atoms with Crippen LogP contribution in [0.1, 0.15) is 31.2 Å². The summed E-state index contributed by atoms with van der Waals surface area (Å²) < 4.78 is 23.9. The minimum Gasteiger partial charge on any atom is -0.447 e. The van der Waals surface area contributed by atoms with E-state index in [1.54, 1.807) is 6.07 Å². The van der Waals surface area contributed by atoms with Crippen LogP contribution in [0.3, 0.4) is 0 Å². The van der Waals surface area contributed by atoms with Gasteiger partial charge in [-0.05, 0) is 43.4 Å². The fraction of sp³-hybridized carbons (Fsp3) is 0.579. The standard InChI is InChI=1S/C19H22ClFN2O4/c20-16-7-14(21)2-1-12(16)10-26-15-3-5-23(6-4-15)17(24)13-8-19(9-13)11-27-18(25)22-19/h1-2,7,13,15H,3-6,8-11H2,(H,22,25)/t13-,19+. The molecule has 0 atom stereocenters. The van der Waals surface area contributed by atoms with Gasteiger partial charge < -0.3 is 19.7 Å². The molecule has 3 aliphatic rings. The predicted octanol–water partition coefficient (Wildman–Crippen LogP) is 2.88. The van der Waals surface area contributed by atoms with Crippen molar-refractivity contribution in [3.05, 3.63) is 34.6 Å². The average Bonchev–Trinajstić information content (AvgIpc) is 3.02. The molecule has 2 amide bonds. The number of hydrogen-bond acceptors (Lipinski definition) is 4. The van der Waals surface area contributed by atoms with Gasteiger partial charge in [0, 0.05) is 24.0 Å². The van der Waals surface area contributed by atoms with Crippen LogP contribution in [0.2, 0.25) is 5.02 Å². The molecule has 146 valence electrons. The molecule has 1 aliphatic carbocycles. The summed E-state index contributed by atoms with van der Waals surface area (Å²) in [6.07, 6.45) is 2.50. The monoisotopic (exact) mass is 396 g/mol. The molecule has 1 spiro atoms. The van der Waals surface area contributed by atoms with Gasteiger partial charge >= 0.3 is 6.09 Å². The van der Waals surface area contributed by atoms with E-state index in [0.29, 0.717) is 44.2 Å². The van der Waals surface area contributed by atoms with Crippen LogP contribution in [-0.4, -0.2) is 48.2 Å². The largest absolute Gasteiger partial charge is 0.447 e. The molecule has 2 heterocycles. The van der Waals surface area contributed by atoms with E-state index in [-0.39, 0.29) is 35.4 Å². The third-order valence-corrected chi connectivity index (χ3v) is 6.07. The molecular formula is C19H22ClFN2O4. The van der Waals surface area contributed by atoms with Crippen molar-refractivity contribution in [3.63, 3.8) is 0 Å². The zero-order valence-corrected chi connectivity index (χ0v) is 15.6. The average molecular weight is 397 g/mol. The van der Waals surface area contributed by atoms with E-state index < -0.39 is 0 Å². The zero-order chi connectivity index (χ0) is 19.0. The molecule has 1 aromatic rings. The molecule has 0 aromatic heterocycles. The predicted molar refractivity (Wildman–Crippen MR) is 95.7 cm³/mol. The Morgan fingerprint density at radius 3 is 2.74 bits per heavy atom. The number of carbonyl (C=O) groups is 2. The van der Waals surface area contributed by atoms with Crippen LogP contribution >= 0.6 is 11.6 Å². The Bertz CT molecular complexity index is 745. The Balaban J connectivity index is 1.21. The topological polar surface area (TPSA) is 67.9 Å². The molecule has 6 nitrogen and oxygen atoms in total. The summed E-state index contributed by atoms with van der Waals surface area (Å²) >= 11 is 6.02. The fourth-order valence-corrected chi connectivity index (χ4v) is 4.34. The van der Waals surface area contributed by atoms with Crippen molar-refractivity contribution in [1.29, 1.82) is 0 Å². The van der Waals surface area contributed by atoms with Gasteiger partial charge in [0.15, 0.2) is 0 Å². The van der Waals surface area contributed by atoms with Gasteiger partial charge in [-0.1, -0.05) is 17.7 Å². The molecule has 0 bridgehead atoms. The van der Waals surface area contributed by atoms with Gasteiger partial charge in [0.2, 0.25) is 5.91 Å². The van der Waals surface area contributed by atoms with Crippen molar-refractivity contribution in [2.24, 2.45) is 5.92 Å². The first-order chi connectivity index (χ1) is 12.9. The zero-order valence-electron chi connectivity index (χ0n) is 14.9. The molecule has 1 saturated carbocycles. The highest BCUT2D eigenvalue weighted by molar-refractivity contribution is 6.31. The molecular weight excluding hydrogens is 375 g/mol. The van der Waals surface area contributed by atoms with Crippen molar-refractivity contribution >= 4 is 23.6 Å². The van der Waals surface area contributed by atoms with E-state index >= 15 is 0 Å². The SMILES string of the molecule is O=C1N[C@]2(CO1)C[C@H](C(=O)N1CCC(OCc3ccc(F)cc3Cl)CC1)C2. The van der Waals surface area contributed by atoms with E-state index in [0.717, 1.165) is 18.4 Å². The summed E-state index contributed by atoms with van der Waals surface area (Å²) in [7, 11) is 0. The summed E-state index contributed by atoms with van der Waals surface area (Å²) in [6, 6.07) is 4.29. The van der Waals surface area contributed by atoms with E-state index in [1.807, 2.05) is 4.90 Å². The van der Waals surface area contributed by atoms with Gasteiger partial charge in [-0.25, -0.2) is 9.18 Å². The van der Waals surface area contributed by atoms with Crippen LogP contribution in [0.25, 0.3) is 0 Å². The van der Waals surface area contributed by atoms with Crippen LogP contribution in [0.5, 0.6) is 0 Å². The highest BCUT2D eigenvalue weighted by Gasteiger charge is 2.53. The number of amides is 2. The van der Waals surface area contributed by atoms with Crippen molar-refractivity contribution < 1.29 is 23.5 Å². The highest BCUT2D eigenvalue weighted by Crippen LogP contribution is 2.41. The molecule has 1 N–H and O–H groups in total. The van der Waals surface area contributed by atoms with Gasteiger partial charge in [-0.2, -0.15) is 0 Å². The summed E-state index contributed by atoms with van der Waals surface area (Å²) in [4.78, 5) is 25.7. The highest BCUT2D eigenvalue weighted by atomic mass is 35.5. The normalized spacial score (nSPS) is 28.0. The van der Waals surface area contributed by atoms with Crippen molar-refractivity contribution in [2.75, 3.05) is 19.7 Å². The third-order valence-electron chi connectivity index (χ3n) is 5.71. The summed E-state index contributed by atoms with van der Waals surface area (Å²) in [5.41, 5.74) is 0.435. The number of rotatable bonds is 4. The second kappa shape index (κ2) is 7.28. The number of likely N-dealkylation sites (tertiary alicyclic amines) is 1. The summed E-state index contributed by atoms with van der Waals surface area (Å²) in [5, 5.41) is 3.18. The van der Waals surface area contributed by atoms with Crippen molar-refractivity contribution in [3.8, 4) is 0 Å². The van der Waals surface area contributed by atoms with E-state index in [1.165, 1.54) is 12.1 Å². The molecule has 0 unspecified atom stereocenters. The quantitative estimate of drug-likeness (QED) is 0.849. The number of benzene rings is 1. The lowest BCUT2D eigenvalue weighted by Gasteiger charge is -2.44. The maximum Gasteiger partial charge on any atom is 0.407 e. The number of carbonyl (C=O) groups excluding carboxylic acids is 2. The Hall–Kier alpha value is -1.86. The first kappa shape index (κ1) is 18.5. The van der Waals surface area contributed by atoms with Gasteiger partial charge in [0.05, 0.1) is 18.2 Å². The van der Waals surface area contributed by atoms with E-state index in [4.69, 9.17) is 21.1 Å². The number of nitrogens with zero attached hydrogens (tertiary/aromatic N) is 1. The number of ether oxygens (including phenoxy) is 2. The Morgan fingerprint density at radius 2 is 2.11 bits per heavy atom. The lowest BCUT2D eigenvalue weighted by Crippen LogP contribution is -2.58. The Labute approximate surface area is 161 Å². The van der Waals surface area contributed by atoms with Crippen LogP contribution in [-0.2, 0) is 20.9 Å². The van der Waals surface area contributed by atoms with Crippen LogP contribution in [0.15, 0.2) is 18.2 Å². The number of piperidine rings is 1. The first-order valence-electron chi connectivity index (χ1n) is 9.23. The summed E-state index contributed by atoms with van der Waals surface area (Å²) in [6.45, 7) is 2.01. The van der Waals surface area contributed by atoms with E-state index in [9.17, 15) is 14.0 Å². The maximum atomic E-state index is 13.1. The number of alkyl carbamates (subject to hydrolysis) is 1. The molecule has 0 radical (unpaired) electrons. The molecule has 8 heteroatoms. The van der Waals surface area contributed by atoms with Crippen LogP contribution < -0.4 is 5.32 Å². The molecule has 4 rings (SSSR count). The van der Waals surface area contributed by atoms with Gasteiger partial charge in [0.25, 0.3) is 0 Å². The Kier molecular flexibility index (Phi) is 4.99. The van der Waals surface area contributed by atoms with Gasteiger partial charge in [-0.3, -0.25) is 4.79 Å². The number of halogens is 2. The second-order valence-corrected chi connectivity index (χ2v) is 8.07. The smallest absolute Gasteiger partial charge is 0.407 e. The number of nitrogens with one attached hydrogen (secondary N) is 1. The molecule has 2 aliphatic heterocycles. The van der Waals surface area contributed by atoms with E-state index in [2.05, 4.69) is 5.32 Å². The Morgan fingerprint density at radius 1 is 1.37 bits per heavy atom. The van der Waals surface area contributed by atoms with Gasteiger partial charge in [0.1, 0.15) is 12.4 Å².